The largest absolute Gasteiger partial charge is 0.497 e. The molecule has 1 saturated carbocycles. The molecule has 0 spiro atoms. The van der Waals surface area contributed by atoms with Crippen molar-refractivity contribution in [2.75, 3.05) is 13.7 Å². The summed E-state index contributed by atoms with van der Waals surface area (Å²) in [5.41, 5.74) is 0.189. The highest BCUT2D eigenvalue weighted by Gasteiger charge is 2.70. The van der Waals surface area contributed by atoms with Crippen molar-refractivity contribution in [1.82, 2.24) is 0 Å². The molecule has 3 aliphatic rings. The topological polar surface area (TPSA) is 52.6 Å². The standard InChI is InChI=1S/C16H14O4/c1-19-11-3-2-10-4-6-15-7-5-13(17)16(15,12(10)8-11)9-20-14(15)18/h2-4,6,8H,5,7,9H2,1H3/t15-,16+/m0/s1. The Bertz CT molecular complexity index is 675. The zero-order valence-corrected chi connectivity index (χ0v) is 11.1. The Hall–Kier alpha value is -2.10. The van der Waals surface area contributed by atoms with E-state index in [9.17, 15) is 9.59 Å². The molecule has 1 heterocycles. The van der Waals surface area contributed by atoms with Crippen molar-refractivity contribution in [3.05, 3.63) is 35.4 Å². The highest BCUT2D eigenvalue weighted by atomic mass is 16.5. The van der Waals surface area contributed by atoms with E-state index in [1.807, 2.05) is 30.4 Å². The zero-order valence-electron chi connectivity index (χ0n) is 11.1. The number of ether oxygens (including phenoxy) is 2. The predicted octanol–water partition coefficient (Wildman–Crippen LogP) is 1.87. The van der Waals surface area contributed by atoms with Crippen molar-refractivity contribution < 1.29 is 19.1 Å². The van der Waals surface area contributed by atoms with Gasteiger partial charge in [0.05, 0.1) is 7.11 Å². The van der Waals surface area contributed by atoms with Crippen molar-refractivity contribution in [1.29, 1.82) is 0 Å². The zero-order chi connectivity index (χ0) is 14.0. The molecule has 0 bridgehead atoms. The van der Waals surface area contributed by atoms with Crippen LogP contribution in [-0.4, -0.2) is 25.5 Å². The summed E-state index contributed by atoms with van der Waals surface area (Å²) < 4.78 is 10.6. The molecule has 0 amide bonds. The second kappa shape index (κ2) is 3.51. The fourth-order valence-corrected chi connectivity index (χ4v) is 3.95. The van der Waals surface area contributed by atoms with Gasteiger partial charge in [-0.1, -0.05) is 18.2 Å². The summed E-state index contributed by atoms with van der Waals surface area (Å²) in [7, 11) is 1.60. The monoisotopic (exact) mass is 270 g/mol. The number of hydrogen-bond acceptors (Lipinski definition) is 4. The average Bonchev–Trinajstić information content (AvgIpc) is 2.95. The maximum atomic E-state index is 12.6. The van der Waals surface area contributed by atoms with E-state index in [2.05, 4.69) is 0 Å². The van der Waals surface area contributed by atoms with E-state index in [4.69, 9.17) is 9.47 Å². The highest BCUT2D eigenvalue weighted by molar-refractivity contribution is 6.06. The number of carbonyl (C=O) groups is 2. The molecular weight excluding hydrogens is 256 g/mol. The number of methoxy groups -OCH3 is 1. The van der Waals surface area contributed by atoms with Crippen molar-refractivity contribution in [2.45, 2.75) is 18.3 Å². The van der Waals surface area contributed by atoms with Gasteiger partial charge >= 0.3 is 5.97 Å². The van der Waals surface area contributed by atoms with Crippen LogP contribution in [0.3, 0.4) is 0 Å². The smallest absolute Gasteiger partial charge is 0.317 e. The SMILES string of the molecule is COc1ccc2c(c1)[C@@]13COC(=O)[C@]1(C=C2)CCC3=O. The second-order valence-corrected chi connectivity index (χ2v) is 5.66. The molecule has 1 aliphatic heterocycles. The number of esters is 1. The van der Waals surface area contributed by atoms with Gasteiger partial charge in [0.25, 0.3) is 0 Å². The summed E-state index contributed by atoms with van der Waals surface area (Å²) in [6, 6.07) is 5.67. The third-order valence-electron chi connectivity index (χ3n) is 5.04. The summed E-state index contributed by atoms with van der Waals surface area (Å²) >= 11 is 0. The van der Waals surface area contributed by atoms with Crippen LogP contribution in [0, 0.1) is 5.41 Å². The number of cyclic esters (lactones) is 1. The Kier molecular flexibility index (Phi) is 2.05. The minimum Gasteiger partial charge on any atom is -0.497 e. The van der Waals surface area contributed by atoms with Crippen molar-refractivity contribution >= 4 is 17.8 Å². The van der Waals surface area contributed by atoms with Gasteiger partial charge in [0.2, 0.25) is 0 Å². The number of carbonyl (C=O) groups excluding carboxylic acids is 2. The maximum absolute atomic E-state index is 12.6. The number of Topliss-reactive ketones (excluding diaryl/α,β-unsaturated/α-hetero) is 1. The molecule has 1 aromatic carbocycles. The van der Waals surface area contributed by atoms with E-state index in [-0.39, 0.29) is 18.4 Å². The van der Waals surface area contributed by atoms with Gasteiger partial charge in [-0.3, -0.25) is 9.59 Å². The summed E-state index contributed by atoms with van der Waals surface area (Å²) in [5, 5.41) is 0. The quantitative estimate of drug-likeness (QED) is 0.731. The molecule has 2 atom stereocenters. The first-order chi connectivity index (χ1) is 9.64. The van der Waals surface area contributed by atoms with Crippen LogP contribution in [0.5, 0.6) is 5.75 Å². The Morgan fingerprint density at radius 1 is 1.30 bits per heavy atom. The summed E-state index contributed by atoms with van der Waals surface area (Å²) in [6.45, 7) is 0.148. The van der Waals surface area contributed by atoms with Gasteiger partial charge in [-0.25, -0.2) is 0 Å². The molecule has 2 fully saturated rings. The lowest BCUT2D eigenvalue weighted by Gasteiger charge is -2.36. The number of ketones is 1. The third-order valence-corrected chi connectivity index (χ3v) is 5.04. The van der Waals surface area contributed by atoms with Crippen LogP contribution in [0.4, 0.5) is 0 Å². The highest BCUT2D eigenvalue weighted by Crippen LogP contribution is 2.60. The van der Waals surface area contributed by atoms with Crippen molar-refractivity contribution in [3.63, 3.8) is 0 Å². The lowest BCUT2D eigenvalue weighted by molar-refractivity contribution is -0.144. The van der Waals surface area contributed by atoms with Gasteiger partial charge in [-0.05, 0) is 29.7 Å². The molecule has 0 aromatic heterocycles. The molecule has 4 heteroatoms. The average molecular weight is 270 g/mol. The number of hydrogen-bond donors (Lipinski definition) is 0. The van der Waals surface area contributed by atoms with Gasteiger partial charge in [0, 0.05) is 6.42 Å². The van der Waals surface area contributed by atoms with Gasteiger partial charge in [-0.15, -0.1) is 0 Å². The van der Waals surface area contributed by atoms with Crippen LogP contribution in [0.15, 0.2) is 24.3 Å². The number of benzene rings is 1. The minimum absolute atomic E-state index is 0.0993. The first-order valence-electron chi connectivity index (χ1n) is 6.72. The van der Waals surface area contributed by atoms with Crippen molar-refractivity contribution in [2.24, 2.45) is 5.41 Å². The van der Waals surface area contributed by atoms with Gasteiger partial charge in [-0.2, -0.15) is 0 Å². The second-order valence-electron chi connectivity index (χ2n) is 5.66. The van der Waals surface area contributed by atoms with E-state index < -0.39 is 10.8 Å². The lowest BCUT2D eigenvalue weighted by atomic mass is 9.60. The lowest BCUT2D eigenvalue weighted by Crippen LogP contribution is -2.47. The normalized spacial score (nSPS) is 33.5. The number of fused-ring (bicyclic) bond motifs is 1. The molecule has 0 unspecified atom stereocenters. The van der Waals surface area contributed by atoms with E-state index in [1.165, 1.54) is 0 Å². The predicted molar refractivity (Wildman–Crippen MR) is 71.3 cm³/mol. The maximum Gasteiger partial charge on any atom is 0.317 e. The molecule has 102 valence electrons. The molecule has 1 saturated heterocycles. The van der Waals surface area contributed by atoms with E-state index in [1.54, 1.807) is 7.11 Å². The fourth-order valence-electron chi connectivity index (χ4n) is 3.95. The summed E-state index contributed by atoms with van der Waals surface area (Å²) in [5.74, 6) is 0.525. The van der Waals surface area contributed by atoms with Crippen LogP contribution in [0.2, 0.25) is 0 Å². The Morgan fingerprint density at radius 2 is 2.15 bits per heavy atom. The molecule has 0 radical (unpaired) electrons. The molecule has 0 N–H and O–H groups in total. The van der Waals surface area contributed by atoms with Crippen molar-refractivity contribution in [3.8, 4) is 5.75 Å². The van der Waals surface area contributed by atoms with E-state index in [0.29, 0.717) is 18.6 Å². The van der Waals surface area contributed by atoms with Crippen LogP contribution < -0.4 is 4.74 Å². The van der Waals surface area contributed by atoms with Crippen LogP contribution in [0.1, 0.15) is 24.0 Å². The molecule has 20 heavy (non-hydrogen) atoms. The molecule has 1 aromatic rings. The van der Waals surface area contributed by atoms with Crippen LogP contribution in [-0.2, 0) is 19.7 Å². The first-order valence-corrected chi connectivity index (χ1v) is 6.72. The van der Waals surface area contributed by atoms with Crippen LogP contribution in [0.25, 0.3) is 6.08 Å². The molecule has 4 rings (SSSR count). The van der Waals surface area contributed by atoms with Crippen LogP contribution >= 0.6 is 0 Å². The minimum atomic E-state index is -0.845. The summed E-state index contributed by atoms with van der Waals surface area (Å²) in [6.07, 6.45) is 4.77. The van der Waals surface area contributed by atoms with Gasteiger partial charge in [0.15, 0.2) is 0 Å². The molecule has 2 aliphatic carbocycles. The summed E-state index contributed by atoms with van der Waals surface area (Å²) in [4.78, 5) is 24.9. The first kappa shape index (κ1) is 11.7. The Morgan fingerprint density at radius 3 is 2.95 bits per heavy atom. The van der Waals surface area contributed by atoms with Gasteiger partial charge in [0.1, 0.15) is 29.0 Å². The van der Waals surface area contributed by atoms with Gasteiger partial charge < -0.3 is 9.47 Å². The Labute approximate surface area is 116 Å². The third kappa shape index (κ3) is 1.05. The number of rotatable bonds is 1. The Balaban J connectivity index is 2.05. The fraction of sp³-hybridized carbons (Fsp3) is 0.375. The molecule has 4 nitrogen and oxygen atoms in total. The molecular formula is C16H14O4. The van der Waals surface area contributed by atoms with E-state index in [0.717, 1.165) is 11.1 Å². The van der Waals surface area contributed by atoms with E-state index >= 15 is 0 Å².